The van der Waals surface area contributed by atoms with Crippen LogP contribution >= 0.6 is 0 Å². The van der Waals surface area contributed by atoms with E-state index in [4.69, 9.17) is 9.26 Å². The van der Waals surface area contributed by atoms with Crippen LogP contribution in [0, 0.1) is 17.8 Å². The molecular weight excluding hydrogens is 404 g/mol. The molecule has 0 amide bonds. The van der Waals surface area contributed by atoms with E-state index in [2.05, 4.69) is 26.9 Å². The van der Waals surface area contributed by atoms with Gasteiger partial charge in [0.05, 0.1) is 11.5 Å². The van der Waals surface area contributed by atoms with Crippen molar-refractivity contribution in [2.45, 2.75) is 50.3 Å². The Morgan fingerprint density at radius 2 is 2.07 bits per heavy atom. The summed E-state index contributed by atoms with van der Waals surface area (Å²) in [4.78, 5) is 11.0. The molecule has 0 N–H and O–H groups in total. The summed E-state index contributed by atoms with van der Waals surface area (Å²) in [5.74, 6) is 3.55. The lowest BCUT2D eigenvalue weighted by Gasteiger charge is -2.30. The third-order valence-corrected chi connectivity index (χ3v) is 7.30. The molecule has 0 bridgehead atoms. The standard InChI is InChI=1S/C21H30N4O4S/c1-3-4-19-23-21(29-24-19)25-10-7-15(8-11-25)18-13-16(18)9-12-28-20-6-5-17(14-22-20)30(2,26)27/h5-6,14-16,18H,3-4,7-13H2,1-2H3/t16-,18+/m1/s1. The highest BCUT2D eigenvalue weighted by Gasteiger charge is 2.43. The Labute approximate surface area is 177 Å². The average molecular weight is 435 g/mol. The van der Waals surface area contributed by atoms with Gasteiger partial charge in [0.15, 0.2) is 15.7 Å². The van der Waals surface area contributed by atoms with Crippen LogP contribution in [-0.4, -0.2) is 49.5 Å². The van der Waals surface area contributed by atoms with Crippen LogP contribution < -0.4 is 9.64 Å². The fourth-order valence-corrected chi connectivity index (χ4v) is 4.94. The summed E-state index contributed by atoms with van der Waals surface area (Å²) in [7, 11) is -3.22. The van der Waals surface area contributed by atoms with E-state index in [9.17, 15) is 8.42 Å². The second-order valence-electron chi connectivity index (χ2n) is 8.47. The Morgan fingerprint density at radius 3 is 2.73 bits per heavy atom. The van der Waals surface area contributed by atoms with Gasteiger partial charge in [-0.3, -0.25) is 0 Å². The second kappa shape index (κ2) is 8.91. The van der Waals surface area contributed by atoms with Crippen LogP contribution in [0.3, 0.4) is 0 Å². The molecule has 2 aliphatic rings. The fourth-order valence-electron chi connectivity index (χ4n) is 4.38. The van der Waals surface area contributed by atoms with Gasteiger partial charge < -0.3 is 14.2 Å². The molecule has 164 valence electrons. The highest BCUT2D eigenvalue weighted by atomic mass is 32.2. The predicted molar refractivity (Wildman–Crippen MR) is 112 cm³/mol. The van der Waals surface area contributed by atoms with Gasteiger partial charge >= 0.3 is 6.01 Å². The maximum absolute atomic E-state index is 11.5. The lowest BCUT2D eigenvalue weighted by Crippen LogP contribution is -2.34. The average Bonchev–Trinajstić information content (AvgIpc) is 3.35. The lowest BCUT2D eigenvalue weighted by atomic mass is 9.91. The molecule has 0 spiro atoms. The minimum Gasteiger partial charge on any atom is -0.478 e. The maximum atomic E-state index is 11.5. The highest BCUT2D eigenvalue weighted by molar-refractivity contribution is 7.90. The number of piperidine rings is 1. The molecule has 4 rings (SSSR count). The molecule has 2 aromatic heterocycles. The third-order valence-electron chi connectivity index (χ3n) is 6.20. The van der Waals surface area contributed by atoms with Crippen molar-refractivity contribution >= 4 is 15.9 Å². The number of hydrogen-bond acceptors (Lipinski definition) is 8. The first kappa shape index (κ1) is 21.1. The van der Waals surface area contributed by atoms with Gasteiger partial charge in [-0.15, -0.1) is 0 Å². The zero-order chi connectivity index (χ0) is 21.1. The summed E-state index contributed by atoms with van der Waals surface area (Å²) in [5, 5.41) is 4.06. The third kappa shape index (κ3) is 5.11. The normalized spacial score (nSPS) is 22.3. The molecule has 30 heavy (non-hydrogen) atoms. The van der Waals surface area contributed by atoms with E-state index in [1.54, 1.807) is 12.1 Å². The van der Waals surface area contributed by atoms with Crippen LogP contribution in [0.2, 0.25) is 0 Å². The van der Waals surface area contributed by atoms with Gasteiger partial charge in [0, 0.05) is 38.0 Å². The van der Waals surface area contributed by atoms with E-state index in [-0.39, 0.29) is 4.90 Å². The van der Waals surface area contributed by atoms with Gasteiger partial charge in [-0.2, -0.15) is 4.98 Å². The van der Waals surface area contributed by atoms with E-state index < -0.39 is 9.84 Å². The van der Waals surface area contributed by atoms with Crippen molar-refractivity contribution in [2.75, 3.05) is 30.9 Å². The fraction of sp³-hybridized carbons (Fsp3) is 0.667. The molecule has 0 unspecified atom stereocenters. The second-order valence-corrected chi connectivity index (χ2v) is 10.5. The van der Waals surface area contributed by atoms with Gasteiger partial charge in [-0.1, -0.05) is 12.1 Å². The minimum atomic E-state index is -3.22. The highest BCUT2D eigenvalue weighted by Crippen LogP contribution is 2.49. The van der Waals surface area contributed by atoms with Gasteiger partial charge in [-0.25, -0.2) is 13.4 Å². The number of aryl methyl sites for hydroxylation is 1. The monoisotopic (exact) mass is 434 g/mol. The van der Waals surface area contributed by atoms with Gasteiger partial charge in [0.25, 0.3) is 0 Å². The molecule has 9 heteroatoms. The van der Waals surface area contributed by atoms with Crippen molar-refractivity contribution in [2.24, 2.45) is 17.8 Å². The van der Waals surface area contributed by atoms with Crippen molar-refractivity contribution in [3.05, 3.63) is 24.2 Å². The smallest absolute Gasteiger partial charge is 0.324 e. The first-order valence-electron chi connectivity index (χ1n) is 10.8. The number of hydrogen-bond donors (Lipinski definition) is 0. The molecule has 2 atom stereocenters. The number of nitrogens with zero attached hydrogens (tertiary/aromatic N) is 4. The van der Waals surface area contributed by atoms with Crippen LogP contribution in [0.4, 0.5) is 6.01 Å². The summed E-state index contributed by atoms with van der Waals surface area (Å²) in [5.41, 5.74) is 0. The largest absolute Gasteiger partial charge is 0.478 e. The van der Waals surface area contributed by atoms with Crippen molar-refractivity contribution in [3.8, 4) is 5.88 Å². The number of pyridine rings is 1. The number of anilines is 1. The minimum absolute atomic E-state index is 0.213. The molecule has 3 heterocycles. The molecule has 2 fully saturated rings. The van der Waals surface area contributed by atoms with E-state index in [0.29, 0.717) is 18.5 Å². The number of ether oxygens (including phenoxy) is 1. The topological polar surface area (TPSA) is 98.4 Å². The van der Waals surface area contributed by atoms with Crippen molar-refractivity contribution in [1.82, 2.24) is 15.1 Å². The summed E-state index contributed by atoms with van der Waals surface area (Å²) >= 11 is 0. The predicted octanol–water partition coefficient (Wildman–Crippen LogP) is 3.14. The van der Waals surface area contributed by atoms with Crippen molar-refractivity contribution in [3.63, 3.8) is 0 Å². The lowest BCUT2D eigenvalue weighted by molar-refractivity contribution is 0.274. The summed E-state index contributed by atoms with van der Waals surface area (Å²) in [6, 6.07) is 3.84. The molecule has 1 saturated heterocycles. The van der Waals surface area contributed by atoms with E-state index >= 15 is 0 Å². The van der Waals surface area contributed by atoms with Crippen LogP contribution in [0.25, 0.3) is 0 Å². The molecule has 1 saturated carbocycles. The summed E-state index contributed by atoms with van der Waals surface area (Å²) in [6.07, 6.45) is 9.05. The van der Waals surface area contributed by atoms with Crippen LogP contribution in [0.5, 0.6) is 5.88 Å². The van der Waals surface area contributed by atoms with Crippen LogP contribution in [0.15, 0.2) is 27.7 Å². The summed E-state index contributed by atoms with van der Waals surface area (Å²) in [6.45, 7) is 4.70. The Kier molecular flexibility index (Phi) is 6.26. The molecular formula is C21H30N4O4S. The van der Waals surface area contributed by atoms with E-state index in [0.717, 1.165) is 55.9 Å². The van der Waals surface area contributed by atoms with Gasteiger partial charge in [0.1, 0.15) is 0 Å². The molecule has 0 radical (unpaired) electrons. The van der Waals surface area contributed by atoms with E-state index in [1.807, 2.05) is 0 Å². The number of sulfone groups is 1. The zero-order valence-corrected chi connectivity index (χ0v) is 18.5. The number of aromatic nitrogens is 3. The first-order valence-corrected chi connectivity index (χ1v) is 12.7. The molecule has 1 aliphatic carbocycles. The molecule has 2 aromatic rings. The van der Waals surface area contributed by atoms with Crippen LogP contribution in [-0.2, 0) is 16.3 Å². The number of rotatable bonds is 9. The quantitative estimate of drug-likeness (QED) is 0.594. The molecule has 1 aliphatic heterocycles. The Morgan fingerprint density at radius 1 is 1.27 bits per heavy atom. The molecule has 0 aromatic carbocycles. The Bertz CT molecular complexity index is 936. The van der Waals surface area contributed by atoms with Crippen molar-refractivity contribution < 1.29 is 17.7 Å². The Balaban J connectivity index is 1.17. The van der Waals surface area contributed by atoms with Crippen LogP contribution in [0.1, 0.15) is 44.9 Å². The van der Waals surface area contributed by atoms with Crippen molar-refractivity contribution in [1.29, 1.82) is 0 Å². The summed E-state index contributed by atoms with van der Waals surface area (Å²) < 4.78 is 34.1. The molecule has 8 nitrogen and oxygen atoms in total. The van der Waals surface area contributed by atoms with Gasteiger partial charge in [-0.05, 0) is 55.9 Å². The van der Waals surface area contributed by atoms with Gasteiger partial charge in [0.2, 0.25) is 5.88 Å². The maximum Gasteiger partial charge on any atom is 0.324 e. The van der Waals surface area contributed by atoms with E-state index in [1.165, 1.54) is 31.7 Å². The Hall–Kier alpha value is -2.16. The SMILES string of the molecule is CCCc1noc(N2CCC([C@@H]3C[C@H]3CCOc3ccc(S(C)(=O)=O)cn3)CC2)n1. The zero-order valence-electron chi connectivity index (χ0n) is 17.7. The first-order chi connectivity index (χ1) is 14.4.